The van der Waals surface area contributed by atoms with Crippen LogP contribution in [-0.2, 0) is 28.9 Å². The van der Waals surface area contributed by atoms with Crippen LogP contribution in [0.2, 0.25) is 0 Å². The molecule has 1 aliphatic rings. The highest BCUT2D eigenvalue weighted by molar-refractivity contribution is 7.80. The second kappa shape index (κ2) is 5.06. The van der Waals surface area contributed by atoms with Crippen molar-refractivity contribution in [3.8, 4) is 0 Å². The average Bonchev–Trinajstić information content (AvgIpc) is 2.15. The van der Waals surface area contributed by atoms with E-state index in [1.165, 1.54) is 7.11 Å². The van der Waals surface area contributed by atoms with Gasteiger partial charge < -0.3 is 14.6 Å². The van der Waals surface area contributed by atoms with Crippen LogP contribution in [0.5, 0.6) is 0 Å². The summed E-state index contributed by atoms with van der Waals surface area (Å²) in [6.45, 7) is -0.282. The Kier molecular flexibility index (Phi) is 4.21. The van der Waals surface area contributed by atoms with E-state index in [1.54, 1.807) is 0 Å². The van der Waals surface area contributed by atoms with Crippen LogP contribution >= 0.6 is 0 Å². The maximum absolute atomic E-state index is 10.6. The van der Waals surface area contributed by atoms with Crippen LogP contribution in [0, 0.1) is 0 Å². The van der Waals surface area contributed by atoms with Crippen molar-refractivity contribution in [1.82, 2.24) is 0 Å². The highest BCUT2D eigenvalue weighted by atomic mass is 32.3. The molecule has 3 atom stereocenters. The third-order valence-corrected chi connectivity index (χ3v) is 2.64. The minimum Gasteiger partial charge on any atom is -0.479 e. The molecule has 1 saturated heterocycles. The Morgan fingerprint density at radius 2 is 2.06 bits per heavy atom. The van der Waals surface area contributed by atoms with Gasteiger partial charge in [-0.25, -0.2) is 8.98 Å². The lowest BCUT2D eigenvalue weighted by molar-refractivity contribution is -0.169. The van der Waals surface area contributed by atoms with Crippen LogP contribution in [0.25, 0.3) is 0 Å². The van der Waals surface area contributed by atoms with E-state index in [0.717, 1.165) is 0 Å². The molecule has 0 aromatic rings. The zero-order valence-electron chi connectivity index (χ0n) is 8.40. The van der Waals surface area contributed by atoms with Crippen molar-refractivity contribution in [2.75, 3.05) is 13.7 Å². The molecule has 0 spiro atoms. The van der Waals surface area contributed by atoms with Gasteiger partial charge in [0.25, 0.3) is 0 Å². The predicted octanol–water partition coefficient (Wildman–Crippen LogP) is -0.937. The Balaban J connectivity index is 2.65. The maximum Gasteiger partial charge on any atom is 0.397 e. The largest absolute Gasteiger partial charge is 0.479 e. The van der Waals surface area contributed by atoms with Gasteiger partial charge in [-0.2, -0.15) is 8.42 Å². The topological polar surface area (TPSA) is 119 Å². The van der Waals surface area contributed by atoms with Gasteiger partial charge in [0.05, 0.1) is 12.7 Å². The summed E-state index contributed by atoms with van der Waals surface area (Å²) in [4.78, 5) is 10.6. The average molecular weight is 256 g/mol. The number of hydrogen-bond donors (Lipinski definition) is 2. The molecule has 2 N–H and O–H groups in total. The highest BCUT2D eigenvalue weighted by Crippen LogP contribution is 2.20. The van der Waals surface area contributed by atoms with Crippen molar-refractivity contribution >= 4 is 16.4 Å². The molecule has 16 heavy (non-hydrogen) atoms. The van der Waals surface area contributed by atoms with Crippen LogP contribution in [0.15, 0.2) is 0 Å². The predicted molar refractivity (Wildman–Crippen MR) is 49.2 cm³/mol. The normalized spacial score (nSPS) is 31.2. The minimum absolute atomic E-state index is 0.0496. The SMILES string of the molecule is CO[C@@H]1CC(C(=O)O)OCC1OS(=O)(=O)O. The van der Waals surface area contributed by atoms with Gasteiger partial charge >= 0.3 is 16.4 Å². The summed E-state index contributed by atoms with van der Waals surface area (Å²) in [6, 6.07) is 0. The second-order valence-corrected chi connectivity index (χ2v) is 4.28. The molecule has 1 heterocycles. The molecule has 1 aliphatic heterocycles. The summed E-state index contributed by atoms with van der Waals surface area (Å²) in [7, 11) is -3.32. The molecule has 2 unspecified atom stereocenters. The van der Waals surface area contributed by atoms with Crippen LogP contribution in [0.4, 0.5) is 0 Å². The van der Waals surface area contributed by atoms with Gasteiger partial charge in [0.15, 0.2) is 6.10 Å². The summed E-state index contributed by atoms with van der Waals surface area (Å²) in [5.74, 6) is -1.16. The molecule has 9 heteroatoms. The van der Waals surface area contributed by atoms with E-state index >= 15 is 0 Å². The number of ether oxygens (including phenoxy) is 2. The number of methoxy groups -OCH3 is 1. The molecule has 0 aromatic heterocycles. The molecule has 0 radical (unpaired) electrons. The Bertz CT molecular complexity index is 349. The first-order valence-corrected chi connectivity index (χ1v) is 5.73. The van der Waals surface area contributed by atoms with E-state index in [2.05, 4.69) is 4.18 Å². The molecule has 0 aliphatic carbocycles. The Morgan fingerprint density at radius 3 is 2.50 bits per heavy atom. The zero-order valence-corrected chi connectivity index (χ0v) is 9.21. The fourth-order valence-corrected chi connectivity index (χ4v) is 1.91. The third kappa shape index (κ3) is 3.68. The summed E-state index contributed by atoms with van der Waals surface area (Å²) in [5, 5.41) is 8.68. The Hall–Kier alpha value is -0.740. The van der Waals surface area contributed by atoms with Crippen molar-refractivity contribution in [1.29, 1.82) is 0 Å². The first-order chi connectivity index (χ1) is 7.33. The van der Waals surface area contributed by atoms with Gasteiger partial charge in [0.2, 0.25) is 0 Å². The van der Waals surface area contributed by atoms with Crippen LogP contribution in [-0.4, -0.2) is 56.1 Å². The molecule has 0 saturated carbocycles. The van der Waals surface area contributed by atoms with Crippen molar-refractivity contribution < 1.29 is 36.5 Å². The van der Waals surface area contributed by atoms with Gasteiger partial charge in [0, 0.05) is 13.5 Å². The Labute approximate surface area is 92.1 Å². The van der Waals surface area contributed by atoms with Crippen LogP contribution in [0.3, 0.4) is 0 Å². The molecule has 0 bridgehead atoms. The first kappa shape index (κ1) is 13.3. The molecule has 0 aromatic carbocycles. The minimum atomic E-state index is -4.61. The molecular formula is C7H12O8S. The summed E-state index contributed by atoms with van der Waals surface area (Å²) >= 11 is 0. The summed E-state index contributed by atoms with van der Waals surface area (Å²) in [5.41, 5.74) is 0. The number of hydrogen-bond acceptors (Lipinski definition) is 6. The molecule has 1 fully saturated rings. The third-order valence-electron chi connectivity index (χ3n) is 2.15. The Morgan fingerprint density at radius 1 is 1.44 bits per heavy atom. The van der Waals surface area contributed by atoms with Crippen LogP contribution in [0.1, 0.15) is 6.42 Å². The lowest BCUT2D eigenvalue weighted by Gasteiger charge is -2.32. The number of carboxylic acids is 1. The van der Waals surface area contributed by atoms with Gasteiger partial charge in [-0.3, -0.25) is 4.55 Å². The van der Waals surface area contributed by atoms with E-state index in [-0.39, 0.29) is 13.0 Å². The van der Waals surface area contributed by atoms with Gasteiger partial charge in [0.1, 0.15) is 6.10 Å². The fraction of sp³-hybridized carbons (Fsp3) is 0.857. The molecule has 1 rings (SSSR count). The summed E-state index contributed by atoms with van der Waals surface area (Å²) < 4.78 is 43.5. The second-order valence-electron chi connectivity index (χ2n) is 3.23. The van der Waals surface area contributed by atoms with E-state index in [4.69, 9.17) is 19.1 Å². The lowest BCUT2D eigenvalue weighted by Crippen LogP contribution is -2.47. The molecule has 0 amide bonds. The standard InChI is InChI=1S/C7H12O8S/c1-13-4-2-5(7(8)9)14-3-6(4)15-16(10,11)12/h4-6H,2-3H2,1H3,(H,8,9)(H,10,11,12)/t4-,5?,6?/m1/s1. The van der Waals surface area contributed by atoms with E-state index in [1.807, 2.05) is 0 Å². The van der Waals surface area contributed by atoms with Crippen molar-refractivity contribution in [2.45, 2.75) is 24.7 Å². The zero-order chi connectivity index (χ0) is 12.3. The molecular weight excluding hydrogens is 244 g/mol. The number of rotatable bonds is 4. The lowest BCUT2D eigenvalue weighted by atomic mass is 10.0. The summed E-state index contributed by atoms with van der Waals surface area (Å²) in [6.07, 6.45) is -2.93. The monoisotopic (exact) mass is 256 g/mol. The van der Waals surface area contributed by atoms with E-state index in [0.29, 0.717) is 0 Å². The molecule has 8 nitrogen and oxygen atoms in total. The van der Waals surface area contributed by atoms with Crippen molar-refractivity contribution in [3.05, 3.63) is 0 Å². The quantitative estimate of drug-likeness (QED) is 0.618. The fourth-order valence-electron chi connectivity index (χ4n) is 1.42. The van der Waals surface area contributed by atoms with Crippen molar-refractivity contribution in [2.24, 2.45) is 0 Å². The maximum atomic E-state index is 10.6. The molecule has 94 valence electrons. The highest BCUT2D eigenvalue weighted by Gasteiger charge is 2.37. The number of aliphatic carboxylic acids is 1. The van der Waals surface area contributed by atoms with Gasteiger partial charge in [-0.1, -0.05) is 0 Å². The van der Waals surface area contributed by atoms with Crippen molar-refractivity contribution in [3.63, 3.8) is 0 Å². The van der Waals surface area contributed by atoms with Gasteiger partial charge in [-0.05, 0) is 0 Å². The van der Waals surface area contributed by atoms with E-state index < -0.39 is 34.7 Å². The first-order valence-electron chi connectivity index (χ1n) is 4.36. The van der Waals surface area contributed by atoms with Gasteiger partial charge in [-0.15, -0.1) is 0 Å². The number of carbonyl (C=O) groups is 1. The smallest absolute Gasteiger partial charge is 0.397 e. The number of carboxylic acid groups (broad SMARTS) is 1. The van der Waals surface area contributed by atoms with E-state index in [9.17, 15) is 13.2 Å². The van der Waals surface area contributed by atoms with Crippen LogP contribution < -0.4 is 0 Å².